The lowest BCUT2D eigenvalue weighted by Gasteiger charge is -2.07. The maximum Gasteiger partial charge on any atom is 0.265 e. The van der Waals surface area contributed by atoms with Crippen LogP contribution in [0.25, 0.3) is 0 Å². The molecule has 0 aliphatic rings. The summed E-state index contributed by atoms with van der Waals surface area (Å²) in [5.41, 5.74) is 13.6. The second-order valence-electron chi connectivity index (χ2n) is 5.25. The minimum absolute atomic E-state index is 0.318. The molecule has 6 nitrogen and oxygen atoms in total. The number of benzene rings is 2. The summed E-state index contributed by atoms with van der Waals surface area (Å²) in [6.45, 7) is 0. The summed E-state index contributed by atoms with van der Waals surface area (Å²) >= 11 is 1.09. The average molecular weight is 352 g/mol. The van der Waals surface area contributed by atoms with Crippen LogP contribution in [0.4, 0.5) is 22.7 Å². The summed E-state index contributed by atoms with van der Waals surface area (Å²) in [4.78, 5) is 25.4. The second kappa shape index (κ2) is 7.06. The van der Waals surface area contributed by atoms with E-state index in [4.69, 9.17) is 11.5 Å². The van der Waals surface area contributed by atoms with E-state index >= 15 is 0 Å². The Bertz CT molecular complexity index is 862. The SMILES string of the molecule is Nc1ccccc1NC(=O)c1ccc(C(=O)Nc2ccccc2N)s1. The number of carbonyl (C=O) groups excluding carboxylic acids is 2. The van der Waals surface area contributed by atoms with E-state index in [9.17, 15) is 9.59 Å². The van der Waals surface area contributed by atoms with E-state index in [1.165, 1.54) is 0 Å². The lowest BCUT2D eigenvalue weighted by molar-refractivity contribution is 0.102. The smallest absolute Gasteiger partial charge is 0.265 e. The highest BCUT2D eigenvalue weighted by Gasteiger charge is 2.15. The van der Waals surface area contributed by atoms with E-state index in [-0.39, 0.29) is 11.8 Å². The highest BCUT2D eigenvalue weighted by atomic mass is 32.1. The first kappa shape index (κ1) is 16.5. The van der Waals surface area contributed by atoms with Crippen molar-refractivity contribution in [1.82, 2.24) is 0 Å². The molecular weight excluding hydrogens is 336 g/mol. The van der Waals surface area contributed by atoms with Crippen molar-refractivity contribution in [3.63, 3.8) is 0 Å². The number of rotatable bonds is 4. The van der Waals surface area contributed by atoms with Gasteiger partial charge in [-0.2, -0.15) is 0 Å². The molecule has 0 atom stereocenters. The van der Waals surface area contributed by atoms with Crippen molar-refractivity contribution >= 4 is 45.9 Å². The molecule has 2 amide bonds. The fourth-order valence-electron chi connectivity index (χ4n) is 2.17. The maximum atomic E-state index is 12.3. The Morgan fingerprint density at radius 2 is 1.08 bits per heavy atom. The van der Waals surface area contributed by atoms with Gasteiger partial charge >= 0.3 is 0 Å². The Morgan fingerprint density at radius 1 is 0.680 bits per heavy atom. The molecule has 2 aromatic carbocycles. The van der Waals surface area contributed by atoms with Gasteiger partial charge in [-0.25, -0.2) is 0 Å². The molecule has 0 aliphatic heterocycles. The van der Waals surface area contributed by atoms with Gasteiger partial charge in [-0.3, -0.25) is 9.59 Å². The van der Waals surface area contributed by atoms with Crippen LogP contribution < -0.4 is 22.1 Å². The highest BCUT2D eigenvalue weighted by molar-refractivity contribution is 7.16. The predicted octanol–water partition coefficient (Wildman–Crippen LogP) is 3.42. The average Bonchev–Trinajstić information content (AvgIpc) is 3.09. The minimum Gasteiger partial charge on any atom is -0.397 e. The van der Waals surface area contributed by atoms with Crippen LogP contribution in [0.15, 0.2) is 60.7 Å². The van der Waals surface area contributed by atoms with E-state index in [0.717, 1.165) is 11.3 Å². The molecule has 1 heterocycles. The van der Waals surface area contributed by atoms with Crippen LogP contribution in [0, 0.1) is 0 Å². The monoisotopic (exact) mass is 352 g/mol. The molecule has 0 spiro atoms. The molecule has 25 heavy (non-hydrogen) atoms. The number of amides is 2. The summed E-state index contributed by atoms with van der Waals surface area (Å²) in [5.74, 6) is -0.637. The van der Waals surface area contributed by atoms with Crippen molar-refractivity contribution in [2.75, 3.05) is 22.1 Å². The van der Waals surface area contributed by atoms with Crippen molar-refractivity contribution in [2.24, 2.45) is 0 Å². The van der Waals surface area contributed by atoms with E-state index in [1.807, 2.05) is 0 Å². The second-order valence-corrected chi connectivity index (χ2v) is 6.33. The molecular formula is C18H16N4O2S. The first-order valence-corrected chi connectivity index (χ1v) is 8.28. The number of nitrogens with two attached hydrogens (primary N) is 2. The zero-order valence-corrected chi connectivity index (χ0v) is 14.0. The van der Waals surface area contributed by atoms with E-state index in [0.29, 0.717) is 32.5 Å². The van der Waals surface area contributed by atoms with Crippen molar-refractivity contribution in [3.05, 3.63) is 70.4 Å². The summed E-state index contributed by atoms with van der Waals surface area (Å²) in [5, 5.41) is 5.46. The summed E-state index contributed by atoms with van der Waals surface area (Å²) in [6, 6.07) is 17.2. The lowest BCUT2D eigenvalue weighted by Crippen LogP contribution is -2.12. The predicted molar refractivity (Wildman–Crippen MR) is 102 cm³/mol. The van der Waals surface area contributed by atoms with Gasteiger partial charge in [0.25, 0.3) is 11.8 Å². The normalized spacial score (nSPS) is 10.2. The Hall–Kier alpha value is -3.32. The number of hydrogen-bond acceptors (Lipinski definition) is 5. The van der Waals surface area contributed by atoms with Gasteiger partial charge in [0.15, 0.2) is 0 Å². The first-order valence-electron chi connectivity index (χ1n) is 7.46. The van der Waals surface area contributed by atoms with Crippen LogP contribution in [0.5, 0.6) is 0 Å². The zero-order chi connectivity index (χ0) is 17.8. The van der Waals surface area contributed by atoms with Crippen molar-refractivity contribution in [3.8, 4) is 0 Å². The zero-order valence-electron chi connectivity index (χ0n) is 13.2. The molecule has 0 fully saturated rings. The Kier molecular flexibility index (Phi) is 4.67. The summed E-state index contributed by atoms with van der Waals surface area (Å²) in [7, 11) is 0. The number of nitrogens with one attached hydrogen (secondary N) is 2. The number of thiophene rings is 1. The summed E-state index contributed by atoms with van der Waals surface area (Å²) in [6.07, 6.45) is 0. The lowest BCUT2D eigenvalue weighted by atomic mass is 10.2. The quantitative estimate of drug-likeness (QED) is 0.539. The van der Waals surface area contributed by atoms with Crippen LogP contribution in [0.2, 0.25) is 0 Å². The third kappa shape index (κ3) is 3.78. The van der Waals surface area contributed by atoms with Gasteiger partial charge in [-0.15, -0.1) is 11.3 Å². The number of anilines is 4. The molecule has 1 aromatic heterocycles. The standard InChI is InChI=1S/C18H16N4O2S/c19-11-5-1-3-7-13(11)21-17(23)15-9-10-16(25-15)18(24)22-14-8-4-2-6-12(14)20/h1-10H,19-20H2,(H,21,23)(H,22,24). The van der Waals surface area contributed by atoms with Crippen molar-refractivity contribution < 1.29 is 9.59 Å². The van der Waals surface area contributed by atoms with Crippen LogP contribution in [0.3, 0.4) is 0 Å². The molecule has 0 aliphatic carbocycles. The van der Waals surface area contributed by atoms with Crippen LogP contribution in [-0.2, 0) is 0 Å². The molecule has 0 saturated heterocycles. The van der Waals surface area contributed by atoms with Gasteiger partial charge in [0.2, 0.25) is 0 Å². The molecule has 3 aromatic rings. The van der Waals surface area contributed by atoms with Crippen LogP contribution >= 0.6 is 11.3 Å². The van der Waals surface area contributed by atoms with Crippen molar-refractivity contribution in [1.29, 1.82) is 0 Å². The number of carbonyl (C=O) groups is 2. The molecule has 6 N–H and O–H groups in total. The van der Waals surface area contributed by atoms with Gasteiger partial charge in [0.05, 0.1) is 32.5 Å². The first-order chi connectivity index (χ1) is 12.0. The van der Waals surface area contributed by atoms with Gasteiger partial charge in [-0.05, 0) is 36.4 Å². The van der Waals surface area contributed by atoms with Crippen molar-refractivity contribution in [2.45, 2.75) is 0 Å². The fraction of sp³-hybridized carbons (Fsp3) is 0. The third-order valence-electron chi connectivity index (χ3n) is 3.47. The van der Waals surface area contributed by atoms with Gasteiger partial charge in [0, 0.05) is 0 Å². The fourth-order valence-corrected chi connectivity index (χ4v) is 2.97. The Morgan fingerprint density at radius 3 is 1.48 bits per heavy atom. The molecule has 0 unspecified atom stereocenters. The van der Waals surface area contributed by atoms with Gasteiger partial charge in [0.1, 0.15) is 0 Å². The molecule has 126 valence electrons. The Balaban J connectivity index is 1.71. The largest absolute Gasteiger partial charge is 0.397 e. The van der Waals surface area contributed by atoms with Gasteiger partial charge < -0.3 is 22.1 Å². The van der Waals surface area contributed by atoms with Crippen LogP contribution in [-0.4, -0.2) is 11.8 Å². The minimum atomic E-state index is -0.318. The number of hydrogen-bond donors (Lipinski definition) is 4. The Labute approximate surface area is 148 Å². The van der Waals surface area contributed by atoms with E-state index in [2.05, 4.69) is 10.6 Å². The number of para-hydroxylation sites is 4. The van der Waals surface area contributed by atoms with Crippen LogP contribution in [0.1, 0.15) is 19.3 Å². The molecule has 0 saturated carbocycles. The maximum absolute atomic E-state index is 12.3. The molecule has 7 heteroatoms. The summed E-state index contributed by atoms with van der Waals surface area (Å²) < 4.78 is 0. The molecule has 3 rings (SSSR count). The topological polar surface area (TPSA) is 110 Å². The highest BCUT2D eigenvalue weighted by Crippen LogP contribution is 2.23. The molecule has 0 bridgehead atoms. The third-order valence-corrected chi connectivity index (χ3v) is 4.55. The van der Waals surface area contributed by atoms with Gasteiger partial charge in [-0.1, -0.05) is 24.3 Å². The van der Waals surface area contributed by atoms with E-state index in [1.54, 1.807) is 60.7 Å². The number of nitrogen functional groups attached to an aromatic ring is 2. The van der Waals surface area contributed by atoms with E-state index < -0.39 is 0 Å². The molecule has 0 radical (unpaired) electrons.